The number of rotatable bonds is 3. The van der Waals surface area contributed by atoms with Crippen LogP contribution in [0.1, 0.15) is 5.69 Å². The number of anilines is 3. The van der Waals surface area contributed by atoms with Crippen LogP contribution < -0.4 is 10.6 Å². The summed E-state index contributed by atoms with van der Waals surface area (Å²) in [5.74, 6) is 1.39. The number of aromatic nitrogens is 2. The average Bonchev–Trinajstić information content (AvgIpc) is 2.33. The lowest BCUT2D eigenvalue weighted by Crippen LogP contribution is -2.02. The lowest BCUT2D eigenvalue weighted by Gasteiger charge is -2.09. The maximum atomic E-state index is 4.35. The summed E-state index contributed by atoms with van der Waals surface area (Å²) in [5.41, 5.74) is 1.91. The smallest absolute Gasteiger partial charge is 0.224 e. The van der Waals surface area contributed by atoms with Crippen LogP contribution in [0.3, 0.4) is 0 Å². The molecule has 1 aromatic carbocycles. The molecule has 0 aliphatic carbocycles. The van der Waals surface area contributed by atoms with Crippen LogP contribution in [0, 0.1) is 10.5 Å². The summed E-state index contributed by atoms with van der Waals surface area (Å²) < 4.78 is 2.24. The van der Waals surface area contributed by atoms with Crippen molar-refractivity contribution in [1.29, 1.82) is 0 Å². The van der Waals surface area contributed by atoms with Crippen molar-refractivity contribution in [2.75, 3.05) is 17.7 Å². The Labute approximate surface area is 128 Å². The van der Waals surface area contributed by atoms with Crippen LogP contribution in [0.2, 0.25) is 0 Å². The van der Waals surface area contributed by atoms with Crippen LogP contribution in [-0.2, 0) is 0 Å². The maximum Gasteiger partial charge on any atom is 0.224 e. The summed E-state index contributed by atoms with van der Waals surface area (Å²) >= 11 is 5.79. The summed E-state index contributed by atoms with van der Waals surface area (Å²) in [6.07, 6.45) is 0. The number of nitrogens with zero attached hydrogens (tertiary/aromatic N) is 2. The predicted octanol–water partition coefficient (Wildman–Crippen LogP) is 3.94. The Morgan fingerprint density at radius 3 is 2.67 bits per heavy atom. The molecule has 2 rings (SSSR count). The maximum absolute atomic E-state index is 4.35. The Kier molecular flexibility index (Phi) is 4.39. The van der Waals surface area contributed by atoms with Gasteiger partial charge in [0.15, 0.2) is 0 Å². The Balaban J connectivity index is 2.27. The topological polar surface area (TPSA) is 49.8 Å². The van der Waals surface area contributed by atoms with Crippen LogP contribution >= 0.6 is 38.5 Å². The zero-order valence-corrected chi connectivity index (χ0v) is 13.7. The molecule has 0 fully saturated rings. The predicted molar refractivity (Wildman–Crippen MR) is 86.5 cm³/mol. The van der Waals surface area contributed by atoms with E-state index in [1.54, 1.807) is 7.05 Å². The van der Waals surface area contributed by atoms with E-state index in [0.717, 1.165) is 21.7 Å². The highest BCUT2D eigenvalue weighted by Gasteiger charge is 2.03. The minimum atomic E-state index is 0.613. The van der Waals surface area contributed by atoms with Crippen LogP contribution in [-0.4, -0.2) is 17.0 Å². The third-order valence-electron chi connectivity index (χ3n) is 2.27. The molecular formula is C12H12BrIN4. The number of benzene rings is 1. The fraction of sp³-hybridized carbons (Fsp3) is 0.167. The third kappa shape index (κ3) is 3.32. The van der Waals surface area contributed by atoms with E-state index < -0.39 is 0 Å². The van der Waals surface area contributed by atoms with Gasteiger partial charge in [-0.15, -0.1) is 0 Å². The second-order valence-corrected chi connectivity index (χ2v) is 5.74. The van der Waals surface area contributed by atoms with Crippen molar-refractivity contribution >= 4 is 56.0 Å². The lowest BCUT2D eigenvalue weighted by molar-refractivity contribution is 1.10. The second-order valence-electron chi connectivity index (χ2n) is 3.72. The molecule has 0 aliphatic rings. The fourth-order valence-corrected chi connectivity index (χ4v) is 2.18. The van der Waals surface area contributed by atoms with E-state index in [4.69, 9.17) is 0 Å². The van der Waals surface area contributed by atoms with E-state index in [0.29, 0.717) is 5.95 Å². The van der Waals surface area contributed by atoms with Crippen LogP contribution in [0.4, 0.5) is 17.5 Å². The fourth-order valence-electron chi connectivity index (χ4n) is 1.47. The van der Waals surface area contributed by atoms with Gasteiger partial charge >= 0.3 is 0 Å². The summed E-state index contributed by atoms with van der Waals surface area (Å²) in [6.45, 7) is 1.94. The third-order valence-corrected chi connectivity index (χ3v) is 4.61. The Hall–Kier alpha value is -0.890. The zero-order chi connectivity index (χ0) is 13.1. The van der Waals surface area contributed by atoms with Crippen molar-refractivity contribution in [1.82, 2.24) is 9.97 Å². The second kappa shape index (κ2) is 5.83. The standard InChI is InChI=1S/C12H12BrIN4/c1-7-5-11(18-12(15-2)16-7)17-8-3-4-10(14)9(13)6-8/h3-6H,1-2H3,(H2,15,16,17,18). The van der Waals surface area contributed by atoms with Gasteiger partial charge in [0.05, 0.1) is 0 Å². The molecular weight excluding hydrogens is 407 g/mol. The first-order chi connectivity index (χ1) is 8.58. The molecule has 0 atom stereocenters. The van der Waals surface area contributed by atoms with Gasteiger partial charge in [-0.3, -0.25) is 0 Å². The van der Waals surface area contributed by atoms with E-state index in [2.05, 4.69) is 59.1 Å². The lowest BCUT2D eigenvalue weighted by atomic mass is 10.3. The van der Waals surface area contributed by atoms with Crippen molar-refractivity contribution in [2.45, 2.75) is 6.92 Å². The van der Waals surface area contributed by atoms with Crippen molar-refractivity contribution < 1.29 is 0 Å². The molecule has 0 aliphatic heterocycles. The molecule has 18 heavy (non-hydrogen) atoms. The molecule has 1 aromatic heterocycles. The van der Waals surface area contributed by atoms with Gasteiger partial charge in [0, 0.05) is 32.5 Å². The van der Waals surface area contributed by atoms with Gasteiger partial charge in [-0.1, -0.05) is 0 Å². The quantitative estimate of drug-likeness (QED) is 0.741. The first-order valence-electron chi connectivity index (χ1n) is 5.34. The highest BCUT2D eigenvalue weighted by atomic mass is 127. The van der Waals surface area contributed by atoms with Gasteiger partial charge in [-0.05, 0) is 63.6 Å². The number of nitrogens with one attached hydrogen (secondary N) is 2. The molecule has 0 spiro atoms. The van der Waals surface area contributed by atoms with Crippen LogP contribution in [0.5, 0.6) is 0 Å². The van der Waals surface area contributed by atoms with E-state index in [9.17, 15) is 0 Å². The number of hydrogen-bond acceptors (Lipinski definition) is 4. The highest BCUT2D eigenvalue weighted by Crippen LogP contribution is 2.25. The van der Waals surface area contributed by atoms with Gasteiger partial charge in [-0.25, -0.2) is 4.98 Å². The molecule has 94 valence electrons. The van der Waals surface area contributed by atoms with E-state index in [1.807, 2.05) is 31.2 Å². The van der Waals surface area contributed by atoms with Crippen molar-refractivity contribution in [3.63, 3.8) is 0 Å². The first kappa shape index (κ1) is 13.5. The van der Waals surface area contributed by atoms with Crippen LogP contribution in [0.15, 0.2) is 28.7 Å². The Bertz CT molecular complexity index is 574. The highest BCUT2D eigenvalue weighted by molar-refractivity contribution is 14.1. The van der Waals surface area contributed by atoms with E-state index in [1.165, 1.54) is 3.57 Å². The molecule has 0 saturated carbocycles. The van der Waals surface area contributed by atoms with Gasteiger partial charge in [0.2, 0.25) is 5.95 Å². The molecule has 2 aromatic rings. The molecule has 0 radical (unpaired) electrons. The molecule has 6 heteroatoms. The molecule has 0 bridgehead atoms. The number of aryl methyl sites for hydroxylation is 1. The summed E-state index contributed by atoms with van der Waals surface area (Å²) in [6, 6.07) is 7.99. The summed E-state index contributed by atoms with van der Waals surface area (Å²) in [5, 5.41) is 6.20. The molecule has 2 N–H and O–H groups in total. The van der Waals surface area contributed by atoms with Crippen molar-refractivity contribution in [2.24, 2.45) is 0 Å². The molecule has 0 amide bonds. The Morgan fingerprint density at radius 2 is 2.00 bits per heavy atom. The van der Waals surface area contributed by atoms with Gasteiger partial charge in [-0.2, -0.15) is 4.98 Å². The van der Waals surface area contributed by atoms with Gasteiger partial charge in [0.25, 0.3) is 0 Å². The zero-order valence-electron chi connectivity index (χ0n) is 9.96. The van der Waals surface area contributed by atoms with Crippen LogP contribution in [0.25, 0.3) is 0 Å². The molecule has 1 heterocycles. The average molecular weight is 419 g/mol. The molecule has 0 saturated heterocycles. The summed E-state index contributed by atoms with van der Waals surface area (Å²) in [7, 11) is 1.81. The van der Waals surface area contributed by atoms with Gasteiger partial charge < -0.3 is 10.6 Å². The summed E-state index contributed by atoms with van der Waals surface area (Å²) in [4.78, 5) is 8.60. The van der Waals surface area contributed by atoms with Gasteiger partial charge in [0.1, 0.15) is 5.82 Å². The SMILES string of the molecule is CNc1nc(C)cc(Nc2ccc(I)c(Br)c2)n1. The van der Waals surface area contributed by atoms with Crippen molar-refractivity contribution in [3.05, 3.63) is 38.0 Å². The number of halogens is 2. The normalized spacial score (nSPS) is 10.2. The molecule has 4 nitrogen and oxygen atoms in total. The number of hydrogen-bond donors (Lipinski definition) is 2. The molecule has 0 unspecified atom stereocenters. The van der Waals surface area contributed by atoms with Crippen molar-refractivity contribution in [3.8, 4) is 0 Å². The minimum absolute atomic E-state index is 0.613. The largest absolute Gasteiger partial charge is 0.357 e. The Morgan fingerprint density at radius 1 is 1.22 bits per heavy atom. The first-order valence-corrected chi connectivity index (χ1v) is 7.21. The monoisotopic (exact) mass is 418 g/mol. The minimum Gasteiger partial charge on any atom is -0.357 e. The van der Waals surface area contributed by atoms with E-state index in [-0.39, 0.29) is 0 Å². The van der Waals surface area contributed by atoms with E-state index >= 15 is 0 Å².